The Labute approximate surface area is 333 Å². The van der Waals surface area contributed by atoms with Gasteiger partial charge in [-0.1, -0.05) is 0 Å². The Morgan fingerprint density at radius 2 is 1.50 bits per heavy atom. The van der Waals surface area contributed by atoms with E-state index in [2.05, 4.69) is 43.3 Å². The van der Waals surface area contributed by atoms with Crippen LogP contribution >= 0.6 is 0 Å². The number of urea groups is 2. The van der Waals surface area contributed by atoms with Gasteiger partial charge in [-0.2, -0.15) is 5.26 Å². The molecule has 58 heavy (non-hydrogen) atoms. The number of nitrogens with one attached hydrogen (secondary N) is 7. The van der Waals surface area contributed by atoms with Gasteiger partial charge in [0.15, 0.2) is 11.6 Å². The Morgan fingerprint density at radius 3 is 2.09 bits per heavy atom. The minimum atomic E-state index is -4.97. The first kappa shape index (κ1) is 42.4. The van der Waals surface area contributed by atoms with E-state index in [4.69, 9.17) is 4.74 Å². The summed E-state index contributed by atoms with van der Waals surface area (Å²) in [5.41, 5.74) is 0.200. The van der Waals surface area contributed by atoms with Crippen LogP contribution in [0, 0.1) is 35.8 Å². The number of nitrogens with zero attached hydrogens (tertiary/aromatic N) is 4. The standard InChI is InChI=1S/C34H43F2N11O9S2/c1-16-25(9-8-23-30(16)57(52,53)46(33(50)43-23)14-27(49)42-19(4)29-18(3)40-20(10-37)11-38-29)45-12-21(32(56-5)39-15-45)17(2)41-26(48)13-47-34(51)44-24-7-6-22(35)28(36)31(24)58(47,54)55/h6-9,17-21,29,32,38-40H,11-15H2,1-5H3,(H,41,48)(H,42,49)(H,43,50)(H,44,51)/t17-,18?,19-,20?,21?,29?,32?/m0/s1. The normalized spacial score (nSPS) is 25.9. The van der Waals surface area contributed by atoms with E-state index in [0.717, 1.165) is 6.07 Å². The van der Waals surface area contributed by atoms with Crippen molar-refractivity contribution in [1.82, 2.24) is 35.2 Å². The second-order valence-electron chi connectivity index (χ2n) is 14.4. The van der Waals surface area contributed by atoms with Crippen LogP contribution in [0.4, 0.5) is 35.4 Å². The van der Waals surface area contributed by atoms with Gasteiger partial charge in [0, 0.05) is 56.0 Å². The third-order valence-corrected chi connectivity index (χ3v) is 14.3. The fourth-order valence-corrected chi connectivity index (χ4v) is 10.9. The number of methoxy groups -OCH3 is 1. The number of nitriles is 1. The van der Waals surface area contributed by atoms with Gasteiger partial charge in [0.2, 0.25) is 11.8 Å². The van der Waals surface area contributed by atoms with Crippen molar-refractivity contribution in [1.29, 1.82) is 5.26 Å². The lowest BCUT2D eigenvalue weighted by atomic mass is 9.95. The SMILES string of the molecule is COC1NCN(c2ccc3c(c2C)S(=O)(=O)N(CC(=O)N[C@@H](C)C2NCC(C#N)NC2C)C(=O)N3)CC1[C@H](C)NC(=O)CN1C(=O)Nc2ccc(F)c(F)c2S1(=O)=O. The third kappa shape index (κ3) is 7.84. The van der Waals surface area contributed by atoms with Crippen LogP contribution < -0.4 is 42.1 Å². The second kappa shape index (κ2) is 16.2. The molecular weight excluding hydrogens is 809 g/mol. The summed E-state index contributed by atoms with van der Waals surface area (Å²) in [5, 5.41) is 28.8. The number of anilines is 3. The maximum atomic E-state index is 14.6. The number of hydrogen-bond acceptors (Lipinski definition) is 14. The average Bonchev–Trinajstić information content (AvgIpc) is 3.15. The maximum absolute atomic E-state index is 14.6. The molecule has 0 radical (unpaired) electrons. The molecule has 24 heteroatoms. The predicted molar refractivity (Wildman–Crippen MR) is 202 cm³/mol. The zero-order chi connectivity index (χ0) is 42.4. The van der Waals surface area contributed by atoms with Crippen LogP contribution in [0.2, 0.25) is 0 Å². The molecular formula is C34H43F2N11O9S2. The number of piperazine rings is 1. The number of fused-ring (bicyclic) bond motifs is 2. The molecule has 0 bridgehead atoms. The predicted octanol–water partition coefficient (Wildman–Crippen LogP) is -0.147. The van der Waals surface area contributed by atoms with E-state index in [1.807, 2.05) is 6.92 Å². The first-order valence-corrected chi connectivity index (χ1v) is 21.0. The molecule has 4 heterocycles. The quantitative estimate of drug-likeness (QED) is 0.164. The summed E-state index contributed by atoms with van der Waals surface area (Å²) < 4.78 is 89.1. The van der Waals surface area contributed by atoms with Crippen LogP contribution in [-0.2, 0) is 34.4 Å². The van der Waals surface area contributed by atoms with Crippen molar-refractivity contribution < 1.29 is 49.5 Å². The minimum absolute atomic E-state index is 0.00786. The highest BCUT2D eigenvalue weighted by Gasteiger charge is 2.44. The van der Waals surface area contributed by atoms with E-state index in [1.165, 1.54) is 13.2 Å². The number of ether oxygens (including phenoxy) is 1. The number of rotatable bonds is 10. The first-order valence-electron chi connectivity index (χ1n) is 18.1. The topological polar surface area (TPSA) is 264 Å². The first-order chi connectivity index (χ1) is 27.3. The summed E-state index contributed by atoms with van der Waals surface area (Å²) >= 11 is 0. The van der Waals surface area contributed by atoms with E-state index in [9.17, 15) is 50.1 Å². The molecule has 7 N–H and O–H groups in total. The molecule has 0 aromatic heterocycles. The molecule has 20 nitrogen and oxygen atoms in total. The van der Waals surface area contributed by atoms with E-state index >= 15 is 0 Å². The Hall–Kier alpha value is -5.19. The van der Waals surface area contributed by atoms with Gasteiger partial charge in [-0.05, 0) is 57.5 Å². The summed E-state index contributed by atoms with van der Waals surface area (Å²) in [6.45, 7) is 5.45. The highest BCUT2D eigenvalue weighted by Crippen LogP contribution is 2.39. The van der Waals surface area contributed by atoms with E-state index in [1.54, 1.807) is 31.7 Å². The van der Waals surface area contributed by atoms with E-state index in [-0.39, 0.29) is 45.7 Å². The zero-order valence-electron chi connectivity index (χ0n) is 31.9. The number of halogens is 2. The van der Waals surface area contributed by atoms with Crippen molar-refractivity contribution >= 4 is 61.0 Å². The molecule has 0 spiro atoms. The third-order valence-electron chi connectivity index (χ3n) is 10.6. The van der Waals surface area contributed by atoms with E-state index < -0.39 is 110 Å². The molecule has 314 valence electrons. The Kier molecular flexibility index (Phi) is 11.9. The number of amides is 6. The molecule has 6 amide bonds. The van der Waals surface area contributed by atoms with Crippen LogP contribution in [0.3, 0.4) is 0 Å². The molecule has 5 unspecified atom stereocenters. The molecule has 7 atom stereocenters. The van der Waals surface area contributed by atoms with E-state index in [0.29, 0.717) is 22.6 Å². The maximum Gasteiger partial charge on any atom is 0.336 e. The van der Waals surface area contributed by atoms with Gasteiger partial charge < -0.3 is 36.2 Å². The van der Waals surface area contributed by atoms with Crippen LogP contribution in [0.1, 0.15) is 26.3 Å². The van der Waals surface area contributed by atoms with Crippen LogP contribution in [0.25, 0.3) is 0 Å². The summed E-state index contributed by atoms with van der Waals surface area (Å²) in [7, 11) is -8.12. The minimum Gasteiger partial charge on any atom is -0.366 e. The monoisotopic (exact) mass is 851 g/mol. The highest BCUT2D eigenvalue weighted by molar-refractivity contribution is 7.90. The molecule has 2 saturated heterocycles. The van der Waals surface area contributed by atoms with Gasteiger partial charge in [0.1, 0.15) is 35.2 Å². The number of benzene rings is 2. The molecule has 0 aliphatic carbocycles. The van der Waals surface area contributed by atoms with Crippen molar-refractivity contribution in [2.45, 2.75) is 73.9 Å². The Morgan fingerprint density at radius 1 is 0.931 bits per heavy atom. The van der Waals surface area contributed by atoms with Crippen molar-refractivity contribution in [3.63, 3.8) is 0 Å². The summed E-state index contributed by atoms with van der Waals surface area (Å²) in [5.74, 6) is -5.43. The van der Waals surface area contributed by atoms with Crippen molar-refractivity contribution in [3.8, 4) is 6.07 Å². The average molecular weight is 852 g/mol. The molecule has 2 fully saturated rings. The smallest absolute Gasteiger partial charge is 0.336 e. The number of sulfonamides is 2. The molecule has 4 aliphatic rings. The molecule has 6 rings (SSSR count). The van der Waals surface area contributed by atoms with Crippen LogP contribution in [0.15, 0.2) is 34.1 Å². The van der Waals surface area contributed by atoms with Gasteiger partial charge in [0.05, 0.1) is 24.1 Å². The van der Waals surface area contributed by atoms with Gasteiger partial charge in [-0.15, -0.1) is 0 Å². The van der Waals surface area contributed by atoms with Crippen molar-refractivity contribution in [3.05, 3.63) is 41.5 Å². The second-order valence-corrected chi connectivity index (χ2v) is 18.0. The van der Waals surface area contributed by atoms with Gasteiger partial charge in [-0.25, -0.2) is 43.8 Å². The lowest BCUT2D eigenvalue weighted by molar-refractivity contribution is -0.123. The number of carbonyl (C=O) groups excluding carboxylic acids is 4. The van der Waals surface area contributed by atoms with Crippen molar-refractivity contribution in [2.75, 3.05) is 55.5 Å². The Balaban J connectivity index is 1.15. The fourth-order valence-electron chi connectivity index (χ4n) is 7.73. The van der Waals surface area contributed by atoms with Gasteiger partial charge >= 0.3 is 12.1 Å². The fraction of sp³-hybridized carbons (Fsp3) is 0.500. The number of carbonyl (C=O) groups is 4. The highest BCUT2D eigenvalue weighted by atomic mass is 32.2. The molecule has 2 aromatic carbocycles. The molecule has 4 aliphatic heterocycles. The number of hydrogen-bond donors (Lipinski definition) is 7. The lowest BCUT2D eigenvalue weighted by Crippen LogP contribution is -2.65. The van der Waals surface area contributed by atoms with Gasteiger partial charge in [-0.3, -0.25) is 20.2 Å². The van der Waals surface area contributed by atoms with Crippen LogP contribution in [0.5, 0.6) is 0 Å². The Bertz CT molecular complexity index is 2300. The molecule has 2 aromatic rings. The zero-order valence-corrected chi connectivity index (χ0v) is 33.6. The molecule has 0 saturated carbocycles. The van der Waals surface area contributed by atoms with Gasteiger partial charge in [0.25, 0.3) is 20.0 Å². The van der Waals surface area contributed by atoms with Crippen LogP contribution in [-0.4, -0.2) is 126 Å². The summed E-state index contributed by atoms with van der Waals surface area (Å²) in [4.78, 5) is 52.6. The summed E-state index contributed by atoms with van der Waals surface area (Å²) in [6.07, 6.45) is -0.676. The largest absolute Gasteiger partial charge is 0.366 e. The summed E-state index contributed by atoms with van der Waals surface area (Å²) in [6, 6.07) is 2.26. The van der Waals surface area contributed by atoms with Crippen molar-refractivity contribution in [2.24, 2.45) is 5.92 Å². The lowest BCUT2D eigenvalue weighted by Gasteiger charge is -2.43.